The molecule has 0 amide bonds. The third kappa shape index (κ3) is 4.09. The Hall–Kier alpha value is -0.0300. The number of nitrogens with one attached hydrogen (secondary N) is 1. The van der Waals surface area contributed by atoms with Crippen molar-refractivity contribution >= 4 is 27.7 Å². The van der Waals surface area contributed by atoms with Crippen LogP contribution >= 0.6 is 27.7 Å². The molecule has 0 fully saturated rings. The SMILES string of the molecule is CNCc1cc(Br)ccc1SC(C)C(C)O. The maximum absolute atomic E-state index is 9.51. The van der Waals surface area contributed by atoms with Crippen molar-refractivity contribution in [1.82, 2.24) is 5.32 Å². The van der Waals surface area contributed by atoms with Gasteiger partial charge in [0.2, 0.25) is 0 Å². The number of hydrogen-bond donors (Lipinski definition) is 2. The van der Waals surface area contributed by atoms with Crippen molar-refractivity contribution in [3.05, 3.63) is 28.2 Å². The maximum Gasteiger partial charge on any atom is 0.0631 e. The Morgan fingerprint density at radius 3 is 2.69 bits per heavy atom. The second-order valence-electron chi connectivity index (χ2n) is 3.85. The van der Waals surface area contributed by atoms with Crippen LogP contribution in [0.3, 0.4) is 0 Å². The molecule has 2 unspecified atom stereocenters. The van der Waals surface area contributed by atoms with Crippen LogP contribution in [0.4, 0.5) is 0 Å². The molecular weight excluding hydrogens is 286 g/mol. The Morgan fingerprint density at radius 2 is 2.12 bits per heavy atom. The summed E-state index contributed by atoms with van der Waals surface area (Å²) in [6.45, 7) is 4.71. The van der Waals surface area contributed by atoms with Crippen LogP contribution in [0.15, 0.2) is 27.6 Å². The number of aliphatic hydroxyl groups excluding tert-OH is 1. The summed E-state index contributed by atoms with van der Waals surface area (Å²) < 4.78 is 1.09. The number of benzene rings is 1. The first-order valence-corrected chi connectivity index (χ1v) is 6.99. The summed E-state index contributed by atoms with van der Waals surface area (Å²) in [5, 5.41) is 12.9. The fourth-order valence-electron chi connectivity index (χ4n) is 1.29. The van der Waals surface area contributed by atoms with E-state index < -0.39 is 0 Å². The minimum atomic E-state index is -0.295. The van der Waals surface area contributed by atoms with Gasteiger partial charge in [-0.05, 0) is 37.7 Å². The van der Waals surface area contributed by atoms with Crippen molar-refractivity contribution < 1.29 is 5.11 Å². The lowest BCUT2D eigenvalue weighted by Gasteiger charge is -2.16. The summed E-state index contributed by atoms with van der Waals surface area (Å²) in [7, 11) is 1.94. The third-order valence-corrected chi connectivity index (χ3v) is 4.29. The van der Waals surface area contributed by atoms with E-state index in [1.807, 2.05) is 27.0 Å². The summed E-state index contributed by atoms with van der Waals surface area (Å²) in [6, 6.07) is 6.25. The van der Waals surface area contributed by atoms with Crippen molar-refractivity contribution in [1.29, 1.82) is 0 Å². The largest absolute Gasteiger partial charge is 0.392 e. The van der Waals surface area contributed by atoms with Gasteiger partial charge in [-0.15, -0.1) is 11.8 Å². The van der Waals surface area contributed by atoms with Crippen LogP contribution < -0.4 is 5.32 Å². The van der Waals surface area contributed by atoms with Gasteiger partial charge < -0.3 is 10.4 Å². The molecule has 90 valence electrons. The van der Waals surface area contributed by atoms with Crippen molar-refractivity contribution in [3.63, 3.8) is 0 Å². The van der Waals surface area contributed by atoms with Crippen molar-refractivity contribution in [2.24, 2.45) is 0 Å². The van der Waals surface area contributed by atoms with Gasteiger partial charge in [0.05, 0.1) is 6.10 Å². The van der Waals surface area contributed by atoms with E-state index >= 15 is 0 Å². The van der Waals surface area contributed by atoms with Crippen molar-refractivity contribution in [3.8, 4) is 0 Å². The van der Waals surface area contributed by atoms with E-state index in [1.165, 1.54) is 10.5 Å². The highest BCUT2D eigenvalue weighted by Gasteiger charge is 2.12. The zero-order chi connectivity index (χ0) is 12.1. The average molecular weight is 304 g/mol. The molecule has 2 N–H and O–H groups in total. The summed E-state index contributed by atoms with van der Waals surface area (Å²) in [5.41, 5.74) is 1.26. The zero-order valence-corrected chi connectivity index (χ0v) is 12.2. The van der Waals surface area contributed by atoms with Crippen LogP contribution in [0.1, 0.15) is 19.4 Å². The number of thioether (sulfide) groups is 1. The first kappa shape index (κ1) is 14.0. The van der Waals surface area contributed by atoms with Gasteiger partial charge in [0.25, 0.3) is 0 Å². The molecule has 1 aromatic rings. The predicted octanol–water partition coefficient (Wildman–Crippen LogP) is 3.03. The van der Waals surface area contributed by atoms with Crippen LogP contribution in [0.2, 0.25) is 0 Å². The number of hydrogen-bond acceptors (Lipinski definition) is 3. The lowest BCUT2D eigenvalue weighted by atomic mass is 10.2. The zero-order valence-electron chi connectivity index (χ0n) is 9.83. The van der Waals surface area contributed by atoms with Crippen LogP contribution in [-0.2, 0) is 6.54 Å². The van der Waals surface area contributed by atoms with E-state index in [4.69, 9.17) is 0 Å². The standard InChI is InChI=1S/C12H18BrNOS/c1-8(15)9(2)16-12-5-4-11(13)6-10(12)7-14-3/h4-6,8-9,14-15H,7H2,1-3H3. The van der Waals surface area contributed by atoms with E-state index in [1.54, 1.807) is 11.8 Å². The van der Waals surface area contributed by atoms with Gasteiger partial charge in [0.1, 0.15) is 0 Å². The molecule has 0 aliphatic rings. The average Bonchev–Trinajstić information content (AvgIpc) is 2.22. The second-order valence-corrected chi connectivity index (χ2v) is 6.18. The van der Waals surface area contributed by atoms with Crippen LogP contribution in [-0.4, -0.2) is 23.5 Å². The van der Waals surface area contributed by atoms with E-state index in [9.17, 15) is 5.11 Å². The second kappa shape index (κ2) is 6.64. The molecule has 0 aliphatic carbocycles. The maximum atomic E-state index is 9.51. The normalized spacial score (nSPS) is 14.8. The van der Waals surface area contributed by atoms with Gasteiger partial charge in [-0.1, -0.05) is 22.9 Å². The highest BCUT2D eigenvalue weighted by atomic mass is 79.9. The van der Waals surface area contributed by atoms with Gasteiger partial charge >= 0.3 is 0 Å². The van der Waals surface area contributed by atoms with Gasteiger partial charge in [-0.25, -0.2) is 0 Å². The first-order chi connectivity index (χ1) is 7.54. The van der Waals surface area contributed by atoms with Gasteiger partial charge in [-0.2, -0.15) is 0 Å². The summed E-state index contributed by atoms with van der Waals surface area (Å²) in [4.78, 5) is 1.23. The van der Waals surface area contributed by atoms with E-state index in [0.29, 0.717) is 0 Å². The molecule has 0 heterocycles. The van der Waals surface area contributed by atoms with Gasteiger partial charge in [0, 0.05) is 21.2 Å². The molecule has 0 saturated heterocycles. The fourth-order valence-corrected chi connectivity index (χ4v) is 2.73. The van der Waals surface area contributed by atoms with E-state index in [0.717, 1.165) is 11.0 Å². The molecule has 16 heavy (non-hydrogen) atoms. The van der Waals surface area contributed by atoms with Gasteiger partial charge in [0.15, 0.2) is 0 Å². The lowest BCUT2D eigenvalue weighted by Crippen LogP contribution is -2.15. The molecule has 0 saturated carbocycles. The minimum absolute atomic E-state index is 0.205. The van der Waals surface area contributed by atoms with E-state index in [-0.39, 0.29) is 11.4 Å². The summed E-state index contributed by atoms with van der Waals surface area (Å²) >= 11 is 5.19. The molecule has 1 rings (SSSR count). The Morgan fingerprint density at radius 1 is 1.44 bits per heavy atom. The number of rotatable bonds is 5. The topological polar surface area (TPSA) is 32.3 Å². The van der Waals surface area contributed by atoms with E-state index in [2.05, 4.69) is 33.4 Å². The molecule has 2 nitrogen and oxygen atoms in total. The highest BCUT2D eigenvalue weighted by molar-refractivity contribution is 9.10. The summed E-state index contributed by atoms with van der Waals surface area (Å²) in [5.74, 6) is 0. The van der Waals surface area contributed by atoms with Crippen molar-refractivity contribution in [2.75, 3.05) is 7.05 Å². The molecule has 2 atom stereocenters. The number of halogens is 1. The van der Waals surface area contributed by atoms with Gasteiger partial charge in [-0.3, -0.25) is 0 Å². The Bertz CT molecular complexity index is 344. The Kier molecular flexibility index (Phi) is 5.83. The lowest BCUT2D eigenvalue weighted by molar-refractivity contribution is 0.196. The molecule has 0 bridgehead atoms. The molecule has 0 radical (unpaired) electrons. The van der Waals surface area contributed by atoms with Crippen molar-refractivity contribution in [2.45, 2.75) is 36.6 Å². The Labute approximate surface area is 110 Å². The molecule has 1 aromatic carbocycles. The predicted molar refractivity (Wildman–Crippen MR) is 73.9 cm³/mol. The minimum Gasteiger partial charge on any atom is -0.392 e. The van der Waals surface area contributed by atoms with Crippen LogP contribution in [0.25, 0.3) is 0 Å². The number of aliphatic hydroxyl groups is 1. The van der Waals surface area contributed by atoms with Crippen LogP contribution in [0.5, 0.6) is 0 Å². The third-order valence-electron chi connectivity index (χ3n) is 2.38. The summed E-state index contributed by atoms with van der Waals surface area (Å²) in [6.07, 6.45) is -0.295. The molecule has 4 heteroatoms. The van der Waals surface area contributed by atoms with Crippen LogP contribution in [0, 0.1) is 0 Å². The smallest absolute Gasteiger partial charge is 0.0631 e. The molecule has 0 spiro atoms. The Balaban J connectivity index is 2.85. The first-order valence-electron chi connectivity index (χ1n) is 5.32. The molecule has 0 aliphatic heterocycles. The molecule has 0 aromatic heterocycles. The quantitative estimate of drug-likeness (QED) is 0.820. The highest BCUT2D eigenvalue weighted by Crippen LogP contribution is 2.30. The fraction of sp³-hybridized carbons (Fsp3) is 0.500. The molecular formula is C12H18BrNOS. The monoisotopic (exact) mass is 303 g/mol.